The predicted octanol–water partition coefficient (Wildman–Crippen LogP) is 2.04. The summed E-state index contributed by atoms with van der Waals surface area (Å²) in [7, 11) is 0. The zero-order valence-corrected chi connectivity index (χ0v) is 15.4. The monoisotopic (exact) mass is 370 g/mol. The summed E-state index contributed by atoms with van der Waals surface area (Å²) in [6.07, 6.45) is 4.43. The van der Waals surface area contributed by atoms with Crippen molar-refractivity contribution >= 4 is 28.8 Å². The first kappa shape index (κ1) is 17.0. The smallest absolute Gasteiger partial charge is 0.267 e. The van der Waals surface area contributed by atoms with Crippen LogP contribution in [0.4, 0.5) is 5.69 Å². The summed E-state index contributed by atoms with van der Waals surface area (Å²) in [5.74, 6) is -0.291. The first-order chi connectivity index (χ1) is 12.6. The second-order valence-electron chi connectivity index (χ2n) is 6.93. The molecule has 0 aliphatic carbocycles. The molecular formula is C19H22N4O2S. The van der Waals surface area contributed by atoms with Crippen LogP contribution in [0.2, 0.25) is 0 Å². The normalized spacial score (nSPS) is 19.9. The molecule has 0 radical (unpaired) electrons. The van der Waals surface area contributed by atoms with E-state index >= 15 is 0 Å². The van der Waals surface area contributed by atoms with Crippen molar-refractivity contribution in [3.63, 3.8) is 0 Å². The Morgan fingerprint density at radius 3 is 3.00 bits per heavy atom. The highest BCUT2D eigenvalue weighted by Gasteiger charge is 2.31. The second-order valence-corrected chi connectivity index (χ2v) is 7.93. The number of aromatic nitrogens is 1. The third-order valence-electron chi connectivity index (χ3n) is 5.25. The summed E-state index contributed by atoms with van der Waals surface area (Å²) in [6, 6.07) is 5.72. The Morgan fingerprint density at radius 2 is 2.15 bits per heavy atom. The van der Waals surface area contributed by atoms with Crippen LogP contribution in [0.3, 0.4) is 0 Å². The third-order valence-corrected chi connectivity index (χ3v) is 6.27. The Balaban J connectivity index is 1.46. The molecule has 2 amide bonds. The Kier molecular flexibility index (Phi) is 4.63. The van der Waals surface area contributed by atoms with Gasteiger partial charge in [0.05, 0.1) is 5.92 Å². The summed E-state index contributed by atoms with van der Waals surface area (Å²) < 4.78 is 0. The van der Waals surface area contributed by atoms with E-state index in [0.29, 0.717) is 6.54 Å². The molecule has 1 saturated heterocycles. The Hall–Kier alpha value is -2.41. The van der Waals surface area contributed by atoms with Crippen LogP contribution in [0.25, 0.3) is 0 Å². The maximum Gasteiger partial charge on any atom is 0.267 e. The maximum absolute atomic E-state index is 13.1. The summed E-state index contributed by atoms with van der Waals surface area (Å²) in [5.41, 5.74) is 7.80. The van der Waals surface area contributed by atoms with Crippen molar-refractivity contribution in [1.29, 1.82) is 0 Å². The quantitative estimate of drug-likeness (QED) is 0.897. The average Bonchev–Trinajstić information content (AvgIpc) is 3.15. The molecule has 26 heavy (non-hydrogen) atoms. The topological polar surface area (TPSA) is 79.5 Å². The molecule has 1 atom stereocenters. The maximum atomic E-state index is 13.1. The Bertz CT molecular complexity index is 834. The fraction of sp³-hybridized carbons (Fsp3) is 0.421. The van der Waals surface area contributed by atoms with Crippen LogP contribution in [0.1, 0.15) is 33.8 Å². The van der Waals surface area contributed by atoms with Crippen molar-refractivity contribution in [2.45, 2.75) is 25.8 Å². The molecule has 4 heterocycles. The van der Waals surface area contributed by atoms with Crippen molar-refractivity contribution in [3.8, 4) is 0 Å². The SMILES string of the molecule is NC(=O)c1cc(N2CCCC(C(=O)N3CCc4sccc4C3)C2)ccn1. The van der Waals surface area contributed by atoms with Gasteiger partial charge in [0, 0.05) is 42.9 Å². The fourth-order valence-electron chi connectivity index (χ4n) is 3.86. The lowest BCUT2D eigenvalue weighted by Crippen LogP contribution is -2.46. The standard InChI is InChI=1S/C19H22N4O2S/c20-18(24)16-10-15(3-6-21-16)22-7-1-2-14(12-22)19(25)23-8-4-17-13(11-23)5-9-26-17/h3,5-6,9-10,14H,1-2,4,7-8,11-12H2,(H2,20,24). The van der Waals surface area contributed by atoms with Crippen molar-refractivity contribution < 1.29 is 9.59 Å². The van der Waals surface area contributed by atoms with Crippen LogP contribution in [0, 0.1) is 5.92 Å². The molecule has 0 saturated carbocycles. The second kappa shape index (κ2) is 7.07. The minimum atomic E-state index is -0.531. The molecule has 2 aliphatic rings. The van der Waals surface area contributed by atoms with E-state index in [-0.39, 0.29) is 17.5 Å². The highest BCUT2D eigenvalue weighted by molar-refractivity contribution is 7.10. The zero-order valence-electron chi connectivity index (χ0n) is 14.6. The van der Waals surface area contributed by atoms with Crippen LogP contribution < -0.4 is 10.6 Å². The van der Waals surface area contributed by atoms with Gasteiger partial charge in [0.1, 0.15) is 5.69 Å². The van der Waals surface area contributed by atoms with Crippen molar-refractivity contribution in [2.75, 3.05) is 24.5 Å². The summed E-state index contributed by atoms with van der Waals surface area (Å²) in [6.45, 7) is 3.09. The number of thiophene rings is 1. The van der Waals surface area contributed by atoms with Gasteiger partial charge in [-0.2, -0.15) is 0 Å². The molecule has 2 N–H and O–H groups in total. The van der Waals surface area contributed by atoms with Crippen LogP contribution in [-0.4, -0.2) is 41.3 Å². The summed E-state index contributed by atoms with van der Waals surface area (Å²) in [5, 5.41) is 2.11. The number of anilines is 1. The van der Waals surface area contributed by atoms with Gasteiger partial charge < -0.3 is 15.5 Å². The number of rotatable bonds is 3. The lowest BCUT2D eigenvalue weighted by atomic mass is 9.95. The van der Waals surface area contributed by atoms with E-state index < -0.39 is 5.91 Å². The fourth-order valence-corrected chi connectivity index (χ4v) is 4.75. The molecule has 1 fully saturated rings. The number of amides is 2. The highest BCUT2D eigenvalue weighted by atomic mass is 32.1. The van der Waals surface area contributed by atoms with Gasteiger partial charge >= 0.3 is 0 Å². The largest absolute Gasteiger partial charge is 0.371 e. The number of hydrogen-bond donors (Lipinski definition) is 1. The Labute approximate surface area is 156 Å². The van der Waals surface area contributed by atoms with Gasteiger partial charge in [0.15, 0.2) is 0 Å². The Morgan fingerprint density at radius 1 is 1.27 bits per heavy atom. The molecule has 7 heteroatoms. The highest BCUT2D eigenvalue weighted by Crippen LogP contribution is 2.28. The van der Waals surface area contributed by atoms with E-state index in [2.05, 4.69) is 21.3 Å². The minimum Gasteiger partial charge on any atom is -0.371 e. The first-order valence-corrected chi connectivity index (χ1v) is 9.84. The van der Waals surface area contributed by atoms with E-state index in [0.717, 1.165) is 44.6 Å². The van der Waals surface area contributed by atoms with Gasteiger partial charge in [-0.1, -0.05) is 0 Å². The molecule has 1 unspecified atom stereocenters. The lowest BCUT2D eigenvalue weighted by Gasteiger charge is -2.37. The molecule has 0 spiro atoms. The number of fused-ring (bicyclic) bond motifs is 1. The molecule has 2 aliphatic heterocycles. The number of hydrogen-bond acceptors (Lipinski definition) is 5. The number of primary amides is 1. The van der Waals surface area contributed by atoms with Gasteiger partial charge in [-0.3, -0.25) is 14.6 Å². The number of nitrogens with zero attached hydrogens (tertiary/aromatic N) is 3. The van der Waals surface area contributed by atoms with E-state index in [9.17, 15) is 9.59 Å². The van der Waals surface area contributed by atoms with Gasteiger partial charge in [-0.05, 0) is 48.4 Å². The molecular weight excluding hydrogens is 348 g/mol. The van der Waals surface area contributed by atoms with Gasteiger partial charge in [0.2, 0.25) is 5.91 Å². The van der Waals surface area contributed by atoms with E-state index in [1.165, 1.54) is 10.4 Å². The molecule has 0 bridgehead atoms. The van der Waals surface area contributed by atoms with E-state index in [1.807, 2.05) is 11.0 Å². The number of piperidine rings is 1. The van der Waals surface area contributed by atoms with Crippen molar-refractivity contribution in [3.05, 3.63) is 45.9 Å². The van der Waals surface area contributed by atoms with E-state index in [1.54, 1.807) is 23.6 Å². The van der Waals surface area contributed by atoms with Crippen molar-refractivity contribution in [1.82, 2.24) is 9.88 Å². The number of carbonyl (C=O) groups is 2. The molecule has 136 valence electrons. The van der Waals surface area contributed by atoms with Crippen LogP contribution in [-0.2, 0) is 17.8 Å². The van der Waals surface area contributed by atoms with Gasteiger partial charge in [0.25, 0.3) is 5.91 Å². The first-order valence-electron chi connectivity index (χ1n) is 8.96. The van der Waals surface area contributed by atoms with E-state index in [4.69, 9.17) is 5.73 Å². The van der Waals surface area contributed by atoms with Crippen LogP contribution in [0.5, 0.6) is 0 Å². The number of pyridine rings is 1. The molecule has 2 aromatic rings. The number of nitrogens with two attached hydrogens (primary N) is 1. The van der Waals surface area contributed by atoms with Gasteiger partial charge in [-0.25, -0.2) is 0 Å². The lowest BCUT2D eigenvalue weighted by molar-refractivity contribution is -0.136. The van der Waals surface area contributed by atoms with Crippen LogP contribution >= 0.6 is 11.3 Å². The minimum absolute atomic E-state index is 0.00544. The summed E-state index contributed by atoms with van der Waals surface area (Å²) >= 11 is 1.79. The third kappa shape index (κ3) is 3.31. The molecule has 4 rings (SSSR count). The molecule has 0 aromatic carbocycles. The van der Waals surface area contributed by atoms with Crippen LogP contribution in [0.15, 0.2) is 29.8 Å². The van der Waals surface area contributed by atoms with Crippen molar-refractivity contribution in [2.24, 2.45) is 11.7 Å². The molecule has 2 aromatic heterocycles. The predicted molar refractivity (Wildman–Crippen MR) is 101 cm³/mol. The average molecular weight is 370 g/mol. The zero-order chi connectivity index (χ0) is 18.1. The molecule has 6 nitrogen and oxygen atoms in total. The number of carbonyl (C=O) groups excluding carboxylic acids is 2. The van der Waals surface area contributed by atoms with Gasteiger partial charge in [-0.15, -0.1) is 11.3 Å². The summed E-state index contributed by atoms with van der Waals surface area (Å²) in [4.78, 5) is 34.0.